The van der Waals surface area contributed by atoms with Crippen molar-refractivity contribution in [2.45, 2.75) is 44.6 Å². The van der Waals surface area contributed by atoms with Crippen LogP contribution in [0.3, 0.4) is 0 Å². The van der Waals surface area contributed by atoms with Gasteiger partial charge in [0.15, 0.2) is 0 Å². The van der Waals surface area contributed by atoms with Crippen LogP contribution in [0, 0.1) is 11.8 Å². The van der Waals surface area contributed by atoms with Gasteiger partial charge in [0.1, 0.15) is 5.78 Å². The minimum absolute atomic E-state index is 0.161. The number of ketones is 1. The van der Waals surface area contributed by atoms with Crippen LogP contribution in [0.4, 0.5) is 0 Å². The third-order valence-electron chi connectivity index (χ3n) is 6.34. The monoisotopic (exact) mass is 321 g/mol. The molecule has 0 aromatic heterocycles. The van der Waals surface area contributed by atoms with Crippen LogP contribution in [-0.4, -0.2) is 30.3 Å². The van der Waals surface area contributed by atoms with Crippen LogP contribution < -0.4 is 0 Å². The van der Waals surface area contributed by atoms with Crippen LogP contribution in [0.1, 0.15) is 44.1 Å². The zero-order valence-electron chi connectivity index (χ0n) is 14.7. The van der Waals surface area contributed by atoms with E-state index in [2.05, 4.69) is 54.4 Å². The van der Waals surface area contributed by atoms with Crippen molar-refractivity contribution in [3.05, 3.63) is 48.0 Å². The van der Waals surface area contributed by atoms with E-state index in [1.54, 1.807) is 0 Å². The van der Waals surface area contributed by atoms with Crippen LogP contribution in [-0.2, 0) is 4.79 Å². The molecule has 2 heterocycles. The Labute approximate surface area is 144 Å². The Morgan fingerprint density at radius 1 is 1.12 bits per heavy atom. The second kappa shape index (κ2) is 6.33. The van der Waals surface area contributed by atoms with E-state index >= 15 is 0 Å². The largest absolute Gasteiger partial charge is 0.302 e. The molecule has 24 heavy (non-hydrogen) atoms. The zero-order valence-corrected chi connectivity index (χ0v) is 14.7. The first kappa shape index (κ1) is 15.8. The maximum absolute atomic E-state index is 12.9. The summed E-state index contributed by atoms with van der Waals surface area (Å²) in [6.45, 7) is 3.18. The molecule has 126 valence electrons. The number of benzene rings is 2. The number of fused-ring (bicyclic) bond motifs is 5. The smallest absolute Gasteiger partial charge is 0.137 e. The van der Waals surface area contributed by atoms with Crippen molar-refractivity contribution < 1.29 is 4.79 Å². The van der Waals surface area contributed by atoms with Crippen molar-refractivity contribution in [3.8, 4) is 0 Å². The fourth-order valence-corrected chi connectivity index (χ4v) is 5.14. The van der Waals surface area contributed by atoms with Crippen LogP contribution in [0.15, 0.2) is 42.5 Å². The van der Waals surface area contributed by atoms with Gasteiger partial charge in [0.05, 0.1) is 0 Å². The Hall–Kier alpha value is -1.67. The average molecular weight is 321 g/mol. The minimum atomic E-state index is 0.161. The summed E-state index contributed by atoms with van der Waals surface area (Å²) in [5.41, 5.74) is 1.37. The first-order valence-corrected chi connectivity index (χ1v) is 9.39. The number of rotatable bonds is 3. The Bertz CT molecular complexity index is 752. The fourth-order valence-electron chi connectivity index (χ4n) is 5.14. The highest BCUT2D eigenvalue weighted by Gasteiger charge is 2.44. The van der Waals surface area contributed by atoms with Crippen LogP contribution in [0.5, 0.6) is 0 Å². The molecule has 4 atom stereocenters. The van der Waals surface area contributed by atoms with Crippen LogP contribution in [0.2, 0.25) is 0 Å². The number of piperidine rings is 1. The second-order valence-corrected chi connectivity index (χ2v) is 7.74. The average Bonchev–Trinajstić information content (AvgIpc) is 2.88. The summed E-state index contributed by atoms with van der Waals surface area (Å²) in [7, 11) is 2.22. The van der Waals surface area contributed by atoms with Gasteiger partial charge in [0.25, 0.3) is 0 Å². The van der Waals surface area contributed by atoms with E-state index in [0.717, 1.165) is 18.9 Å². The molecule has 3 fully saturated rings. The van der Waals surface area contributed by atoms with E-state index in [9.17, 15) is 4.79 Å². The first-order chi connectivity index (χ1) is 11.7. The lowest BCUT2D eigenvalue weighted by atomic mass is 9.76. The molecule has 2 saturated heterocycles. The highest BCUT2D eigenvalue weighted by molar-refractivity contribution is 5.85. The van der Waals surface area contributed by atoms with Gasteiger partial charge in [-0.1, -0.05) is 49.4 Å². The quantitative estimate of drug-likeness (QED) is 0.821. The molecule has 0 radical (unpaired) electrons. The Morgan fingerprint density at radius 2 is 1.92 bits per heavy atom. The fraction of sp³-hybridized carbons (Fsp3) is 0.500. The summed E-state index contributed by atoms with van der Waals surface area (Å²) in [5, 5.41) is 2.58. The molecule has 3 aliphatic rings. The Morgan fingerprint density at radius 3 is 2.67 bits per heavy atom. The third-order valence-corrected chi connectivity index (χ3v) is 6.34. The number of carbonyl (C=O) groups is 1. The second-order valence-electron chi connectivity index (χ2n) is 7.74. The van der Waals surface area contributed by atoms with Gasteiger partial charge in [-0.05, 0) is 54.5 Å². The molecule has 2 unspecified atom stereocenters. The highest BCUT2D eigenvalue weighted by atomic mass is 16.1. The number of hydrogen-bond donors (Lipinski definition) is 0. The van der Waals surface area contributed by atoms with Crippen LogP contribution in [0.25, 0.3) is 10.8 Å². The van der Waals surface area contributed by atoms with E-state index in [4.69, 9.17) is 0 Å². The summed E-state index contributed by atoms with van der Waals surface area (Å²) in [6.07, 6.45) is 4.29. The van der Waals surface area contributed by atoms with Gasteiger partial charge >= 0.3 is 0 Å². The number of nitrogens with zero attached hydrogens (tertiary/aromatic N) is 1. The van der Waals surface area contributed by atoms with Crippen molar-refractivity contribution >= 4 is 16.6 Å². The number of hydrogen-bond acceptors (Lipinski definition) is 2. The van der Waals surface area contributed by atoms with Crippen molar-refractivity contribution in [3.63, 3.8) is 0 Å². The van der Waals surface area contributed by atoms with Gasteiger partial charge in [-0.15, -0.1) is 0 Å². The maximum atomic E-state index is 12.9. The predicted octanol–water partition coefficient (Wildman–Crippen LogP) is 4.63. The van der Waals surface area contributed by atoms with Gasteiger partial charge in [-0.3, -0.25) is 4.79 Å². The van der Waals surface area contributed by atoms with Crippen molar-refractivity contribution in [1.29, 1.82) is 0 Å². The molecular weight excluding hydrogens is 294 g/mol. The predicted molar refractivity (Wildman–Crippen MR) is 99.2 cm³/mol. The lowest BCUT2D eigenvalue weighted by Gasteiger charge is -2.37. The zero-order chi connectivity index (χ0) is 16.7. The van der Waals surface area contributed by atoms with E-state index in [1.165, 1.54) is 29.2 Å². The molecule has 2 aromatic rings. The summed E-state index contributed by atoms with van der Waals surface area (Å²) in [6, 6.07) is 15.8. The SMILES string of the molecule is CCC(=O)[C@H]1C2CCC(C[C@H]1c1ccc3ccccc3c1)CN2C. The summed E-state index contributed by atoms with van der Waals surface area (Å²) < 4.78 is 0. The van der Waals surface area contributed by atoms with Gasteiger partial charge in [-0.2, -0.15) is 0 Å². The number of Topliss-reactive ketones (excluding diaryl/α,β-unsaturated/α-hetero) is 1. The van der Waals surface area contributed by atoms with Crippen molar-refractivity contribution in [2.24, 2.45) is 11.8 Å². The summed E-state index contributed by atoms with van der Waals surface area (Å²) >= 11 is 0. The first-order valence-electron chi connectivity index (χ1n) is 9.39. The minimum Gasteiger partial charge on any atom is -0.302 e. The molecule has 2 nitrogen and oxygen atoms in total. The topological polar surface area (TPSA) is 20.3 Å². The molecule has 1 aliphatic carbocycles. The van der Waals surface area contributed by atoms with E-state index in [0.29, 0.717) is 24.2 Å². The van der Waals surface area contributed by atoms with Crippen LogP contribution >= 0.6 is 0 Å². The molecule has 0 amide bonds. The molecule has 5 rings (SSSR count). The maximum Gasteiger partial charge on any atom is 0.137 e. The van der Waals surface area contributed by atoms with Crippen molar-refractivity contribution in [2.75, 3.05) is 13.6 Å². The Kier molecular flexibility index (Phi) is 4.17. The Balaban J connectivity index is 1.78. The normalized spacial score (nSPS) is 30.4. The molecule has 2 aliphatic heterocycles. The molecule has 2 aromatic carbocycles. The van der Waals surface area contributed by atoms with E-state index in [1.807, 2.05) is 6.92 Å². The van der Waals surface area contributed by atoms with Gasteiger partial charge in [0.2, 0.25) is 0 Å². The van der Waals surface area contributed by atoms with Gasteiger partial charge in [0, 0.05) is 24.9 Å². The van der Waals surface area contributed by atoms with Gasteiger partial charge in [-0.25, -0.2) is 0 Å². The molecule has 1 saturated carbocycles. The molecule has 0 N–H and O–H groups in total. The highest BCUT2D eigenvalue weighted by Crippen LogP contribution is 2.45. The molecular formula is C22H27NO. The summed E-state index contributed by atoms with van der Waals surface area (Å²) in [4.78, 5) is 15.3. The van der Waals surface area contributed by atoms with Gasteiger partial charge < -0.3 is 4.90 Å². The lowest BCUT2D eigenvalue weighted by Crippen LogP contribution is -2.45. The standard InChI is InChI=1S/C22H27NO/c1-3-21(24)22-19(12-15-8-11-20(22)23(2)14-15)18-10-9-16-6-4-5-7-17(16)13-18/h4-7,9-10,13,15,19-20,22H,3,8,11-12,14H2,1-2H3/t15?,19-,20?,22+/m0/s1. The van der Waals surface area contributed by atoms with E-state index < -0.39 is 0 Å². The molecule has 2 heteroatoms. The molecule has 0 spiro atoms. The lowest BCUT2D eigenvalue weighted by molar-refractivity contribution is -0.125. The third kappa shape index (κ3) is 2.67. The molecule has 2 bridgehead atoms. The summed E-state index contributed by atoms with van der Waals surface area (Å²) in [5.74, 6) is 1.73. The van der Waals surface area contributed by atoms with E-state index in [-0.39, 0.29) is 5.92 Å². The van der Waals surface area contributed by atoms with Crippen molar-refractivity contribution in [1.82, 2.24) is 4.90 Å². The number of carbonyl (C=O) groups excluding carboxylic acids is 1.